The number of halogens is 6. The Labute approximate surface area is 186 Å². The second kappa shape index (κ2) is 9.65. The summed E-state index contributed by atoms with van der Waals surface area (Å²) in [6, 6.07) is 6.96. The number of hydrogen-bond donors (Lipinski definition) is 0. The Hall–Kier alpha value is -2.34. The van der Waals surface area contributed by atoms with Crippen LogP contribution in [0.3, 0.4) is 0 Å². The van der Waals surface area contributed by atoms with Crippen molar-refractivity contribution in [3.8, 4) is 0 Å². The number of carbonyl (C=O) groups excluding carboxylic acids is 2. The average Bonchev–Trinajstić information content (AvgIpc) is 2.74. The quantitative estimate of drug-likeness (QED) is 0.300. The summed E-state index contributed by atoms with van der Waals surface area (Å²) in [5.41, 5.74) is -2.04. The number of alkyl halides is 6. The van der Waals surface area contributed by atoms with Crippen LogP contribution in [-0.4, -0.2) is 35.7 Å². The van der Waals surface area contributed by atoms with E-state index in [0.717, 1.165) is 48.5 Å². The highest BCUT2D eigenvalue weighted by molar-refractivity contribution is 8.76. The van der Waals surface area contributed by atoms with Gasteiger partial charge in [0.25, 0.3) is 0 Å². The molecule has 1 saturated heterocycles. The highest BCUT2D eigenvalue weighted by Gasteiger charge is 2.35. The Balaban J connectivity index is 1.65. The first kappa shape index (κ1) is 24.3. The molecule has 1 aliphatic rings. The van der Waals surface area contributed by atoms with Crippen LogP contribution < -0.4 is 0 Å². The van der Waals surface area contributed by atoms with Gasteiger partial charge in [0.05, 0.1) is 22.3 Å². The molecule has 12 heteroatoms. The predicted molar refractivity (Wildman–Crippen MR) is 106 cm³/mol. The molecule has 0 aromatic heterocycles. The first-order valence-electron chi connectivity index (χ1n) is 8.96. The summed E-state index contributed by atoms with van der Waals surface area (Å²) in [5, 5.41) is 0. The molecule has 32 heavy (non-hydrogen) atoms. The van der Waals surface area contributed by atoms with E-state index in [2.05, 4.69) is 0 Å². The molecular formula is C20H14F6O4S2. The lowest BCUT2D eigenvalue weighted by atomic mass is 10.1. The second-order valence-corrected chi connectivity index (χ2v) is 9.16. The van der Waals surface area contributed by atoms with Crippen LogP contribution in [0.2, 0.25) is 0 Å². The number of carbonyl (C=O) groups is 2. The minimum atomic E-state index is -4.54. The van der Waals surface area contributed by atoms with E-state index >= 15 is 0 Å². The van der Waals surface area contributed by atoms with Crippen LogP contribution in [0.5, 0.6) is 0 Å². The van der Waals surface area contributed by atoms with E-state index in [1.165, 1.54) is 21.6 Å². The van der Waals surface area contributed by atoms with Crippen LogP contribution in [0, 0.1) is 0 Å². The summed E-state index contributed by atoms with van der Waals surface area (Å²) in [7, 11) is 2.70. The highest BCUT2D eigenvalue weighted by Crippen LogP contribution is 2.34. The number of rotatable bonds is 4. The topological polar surface area (TPSA) is 52.6 Å². The van der Waals surface area contributed by atoms with E-state index in [4.69, 9.17) is 9.47 Å². The van der Waals surface area contributed by atoms with Gasteiger partial charge in [-0.15, -0.1) is 0 Å². The fraction of sp³-hybridized carbons (Fsp3) is 0.300. The van der Waals surface area contributed by atoms with Crippen LogP contribution in [-0.2, 0) is 21.8 Å². The van der Waals surface area contributed by atoms with Crippen LogP contribution in [0.4, 0.5) is 26.3 Å². The van der Waals surface area contributed by atoms with Gasteiger partial charge in [-0.05, 0) is 48.5 Å². The van der Waals surface area contributed by atoms with Crippen molar-refractivity contribution in [3.63, 3.8) is 0 Å². The molecule has 1 heterocycles. The van der Waals surface area contributed by atoms with E-state index in [0.29, 0.717) is 0 Å². The molecule has 2 aromatic carbocycles. The van der Waals surface area contributed by atoms with Crippen molar-refractivity contribution in [2.75, 3.05) is 11.5 Å². The molecular weight excluding hydrogens is 482 g/mol. The molecule has 0 radical (unpaired) electrons. The monoisotopic (exact) mass is 496 g/mol. The Kier molecular flexibility index (Phi) is 7.33. The van der Waals surface area contributed by atoms with E-state index < -0.39 is 47.6 Å². The third kappa shape index (κ3) is 6.12. The fourth-order valence-corrected chi connectivity index (χ4v) is 5.07. The van der Waals surface area contributed by atoms with Crippen molar-refractivity contribution >= 4 is 33.5 Å². The summed E-state index contributed by atoms with van der Waals surface area (Å²) in [6.07, 6.45) is -10.8. The zero-order valence-electron chi connectivity index (χ0n) is 15.9. The van der Waals surface area contributed by atoms with E-state index in [1.54, 1.807) is 0 Å². The molecule has 2 aromatic rings. The van der Waals surface area contributed by atoms with Gasteiger partial charge >= 0.3 is 24.3 Å². The molecule has 4 nitrogen and oxygen atoms in total. The molecule has 0 bridgehead atoms. The zero-order chi connectivity index (χ0) is 23.5. The zero-order valence-corrected chi connectivity index (χ0v) is 17.5. The van der Waals surface area contributed by atoms with Crippen molar-refractivity contribution in [2.24, 2.45) is 0 Å². The molecule has 0 spiro atoms. The first-order chi connectivity index (χ1) is 14.9. The smallest absolute Gasteiger partial charge is 0.416 e. The summed E-state index contributed by atoms with van der Waals surface area (Å²) in [4.78, 5) is 24.7. The number of hydrogen-bond acceptors (Lipinski definition) is 6. The molecule has 1 fully saturated rings. The van der Waals surface area contributed by atoms with Crippen LogP contribution in [0.1, 0.15) is 31.8 Å². The van der Waals surface area contributed by atoms with Gasteiger partial charge in [-0.25, -0.2) is 9.59 Å². The van der Waals surface area contributed by atoms with Crippen LogP contribution in [0.15, 0.2) is 48.5 Å². The lowest BCUT2D eigenvalue weighted by Gasteiger charge is -2.29. The molecule has 1 aliphatic heterocycles. The number of ether oxygens (including phenoxy) is 2. The Bertz CT molecular complexity index is 879. The van der Waals surface area contributed by atoms with Gasteiger partial charge in [0, 0.05) is 11.5 Å². The predicted octanol–water partition coefficient (Wildman–Crippen LogP) is 5.87. The van der Waals surface area contributed by atoms with E-state index in [9.17, 15) is 35.9 Å². The maximum Gasteiger partial charge on any atom is 0.416 e. The van der Waals surface area contributed by atoms with Gasteiger partial charge in [0.1, 0.15) is 12.2 Å². The molecule has 3 rings (SSSR count). The van der Waals surface area contributed by atoms with Gasteiger partial charge < -0.3 is 9.47 Å². The summed E-state index contributed by atoms with van der Waals surface area (Å²) >= 11 is 0. The molecule has 0 aliphatic carbocycles. The lowest BCUT2D eigenvalue weighted by Crippen LogP contribution is -2.40. The molecule has 0 saturated carbocycles. The summed E-state index contributed by atoms with van der Waals surface area (Å²) < 4.78 is 86.6. The normalized spacial score (nSPS) is 19.3. The maximum atomic E-state index is 12.7. The standard InChI is InChI=1S/C20H14F6O4S2/c21-19(22,23)13-5-1-11(2-6-13)17(27)29-15-9-31-32-10-16(15)30-18(28)12-3-7-14(8-4-12)20(24,25)26/h1-8,15-16H,9-10H2/t15-,16-/m0/s1. The minimum Gasteiger partial charge on any atom is -0.454 e. The molecule has 0 N–H and O–H groups in total. The SMILES string of the molecule is O=C(O[C@H]1CSSC[C@@H]1OC(=O)c1ccc(C(F)(F)F)cc1)c1ccc(C(F)(F)F)cc1. The van der Waals surface area contributed by atoms with Crippen molar-refractivity contribution < 1.29 is 45.4 Å². The Morgan fingerprint density at radius 1 is 0.656 bits per heavy atom. The first-order valence-corrected chi connectivity index (χ1v) is 11.4. The number of esters is 2. The van der Waals surface area contributed by atoms with Gasteiger partial charge in [0.2, 0.25) is 0 Å². The molecule has 172 valence electrons. The maximum absolute atomic E-state index is 12.7. The third-order valence-corrected chi connectivity index (χ3v) is 6.79. The highest BCUT2D eigenvalue weighted by atomic mass is 33.1. The lowest BCUT2D eigenvalue weighted by molar-refractivity contribution is -0.138. The van der Waals surface area contributed by atoms with Gasteiger partial charge in [-0.1, -0.05) is 21.6 Å². The van der Waals surface area contributed by atoms with Gasteiger partial charge in [-0.3, -0.25) is 0 Å². The fourth-order valence-electron chi connectivity index (χ4n) is 2.67. The van der Waals surface area contributed by atoms with Crippen LogP contribution in [0.25, 0.3) is 0 Å². The van der Waals surface area contributed by atoms with E-state index in [1.807, 2.05) is 0 Å². The molecule has 0 unspecified atom stereocenters. The van der Waals surface area contributed by atoms with Crippen molar-refractivity contribution in [1.29, 1.82) is 0 Å². The molecule has 2 atom stereocenters. The van der Waals surface area contributed by atoms with Crippen molar-refractivity contribution in [3.05, 3.63) is 70.8 Å². The molecule has 0 amide bonds. The summed E-state index contributed by atoms with van der Waals surface area (Å²) in [5.74, 6) is -1.26. The largest absolute Gasteiger partial charge is 0.454 e. The van der Waals surface area contributed by atoms with Crippen molar-refractivity contribution in [1.82, 2.24) is 0 Å². The summed E-state index contributed by atoms with van der Waals surface area (Å²) in [6.45, 7) is 0. The van der Waals surface area contributed by atoms with Crippen LogP contribution >= 0.6 is 21.6 Å². The van der Waals surface area contributed by atoms with Gasteiger partial charge in [-0.2, -0.15) is 26.3 Å². The van der Waals surface area contributed by atoms with Crippen molar-refractivity contribution in [2.45, 2.75) is 24.6 Å². The third-order valence-electron chi connectivity index (χ3n) is 4.38. The number of benzene rings is 2. The van der Waals surface area contributed by atoms with E-state index in [-0.39, 0.29) is 22.6 Å². The Morgan fingerprint density at radius 3 is 1.25 bits per heavy atom. The average molecular weight is 496 g/mol. The van der Waals surface area contributed by atoms with Gasteiger partial charge in [0.15, 0.2) is 0 Å². The Morgan fingerprint density at radius 2 is 0.969 bits per heavy atom. The second-order valence-electron chi connectivity index (χ2n) is 6.61. The minimum absolute atomic E-state index is 0.103.